The first-order valence-electron chi connectivity index (χ1n) is 11.0. The van der Waals surface area contributed by atoms with Crippen molar-refractivity contribution in [2.75, 3.05) is 6.54 Å². The van der Waals surface area contributed by atoms with Gasteiger partial charge >= 0.3 is 12.3 Å². The molecule has 2 aromatic carbocycles. The Bertz CT molecular complexity index is 938. The molecule has 33 heavy (non-hydrogen) atoms. The fourth-order valence-corrected chi connectivity index (χ4v) is 3.74. The molecule has 0 aromatic heterocycles. The molecule has 5 nitrogen and oxygen atoms in total. The van der Waals surface area contributed by atoms with Crippen LogP contribution in [-0.4, -0.2) is 35.5 Å². The molecule has 0 aliphatic heterocycles. The highest BCUT2D eigenvalue weighted by molar-refractivity contribution is 5.68. The third-order valence-electron chi connectivity index (χ3n) is 5.61. The number of alkyl carbamates (subject to hydrolysis) is 1. The molecular weight excluding hydrogens is 433 g/mol. The lowest BCUT2D eigenvalue weighted by Crippen LogP contribution is -2.51. The monoisotopic (exact) mass is 464 g/mol. The van der Waals surface area contributed by atoms with E-state index in [1.807, 2.05) is 30.3 Å². The van der Waals surface area contributed by atoms with Crippen LogP contribution in [0.2, 0.25) is 0 Å². The molecule has 1 fully saturated rings. The smallest absolute Gasteiger partial charge is 0.416 e. The van der Waals surface area contributed by atoms with Crippen LogP contribution in [0.15, 0.2) is 54.6 Å². The minimum atomic E-state index is -4.41. The second kappa shape index (κ2) is 9.73. The number of hydrogen-bond donors (Lipinski definition) is 3. The maximum atomic E-state index is 13.1. The van der Waals surface area contributed by atoms with Crippen LogP contribution >= 0.6 is 0 Å². The Balaban J connectivity index is 1.69. The minimum Gasteiger partial charge on any atom is -0.444 e. The van der Waals surface area contributed by atoms with Crippen molar-refractivity contribution >= 4 is 6.09 Å². The summed E-state index contributed by atoms with van der Waals surface area (Å²) in [4.78, 5) is 12.4. The quantitative estimate of drug-likeness (QED) is 0.526. The van der Waals surface area contributed by atoms with Gasteiger partial charge in [-0.2, -0.15) is 13.2 Å². The fourth-order valence-electron chi connectivity index (χ4n) is 3.74. The largest absolute Gasteiger partial charge is 0.444 e. The van der Waals surface area contributed by atoms with Gasteiger partial charge in [-0.05, 0) is 63.3 Å². The Morgan fingerprint density at radius 2 is 1.76 bits per heavy atom. The van der Waals surface area contributed by atoms with Gasteiger partial charge in [0, 0.05) is 12.1 Å². The Kier molecular flexibility index (Phi) is 7.39. The van der Waals surface area contributed by atoms with Crippen molar-refractivity contribution in [3.63, 3.8) is 0 Å². The van der Waals surface area contributed by atoms with Gasteiger partial charge in [-0.1, -0.05) is 42.5 Å². The molecule has 1 amide bonds. The van der Waals surface area contributed by atoms with Crippen LogP contribution in [0.5, 0.6) is 0 Å². The maximum Gasteiger partial charge on any atom is 0.416 e. The van der Waals surface area contributed by atoms with E-state index in [1.165, 1.54) is 6.07 Å². The van der Waals surface area contributed by atoms with Gasteiger partial charge in [0.15, 0.2) is 0 Å². The number of benzene rings is 2. The van der Waals surface area contributed by atoms with Crippen molar-refractivity contribution in [1.82, 2.24) is 10.6 Å². The molecule has 2 aromatic rings. The molecule has 0 bridgehead atoms. The van der Waals surface area contributed by atoms with Gasteiger partial charge in [0.25, 0.3) is 0 Å². The predicted octanol–water partition coefficient (Wildman–Crippen LogP) is 4.78. The Hall–Kier alpha value is -2.58. The zero-order chi connectivity index (χ0) is 24.3. The average Bonchev–Trinajstić information content (AvgIpc) is 3.52. The Morgan fingerprint density at radius 3 is 2.33 bits per heavy atom. The van der Waals surface area contributed by atoms with E-state index in [9.17, 15) is 23.1 Å². The van der Waals surface area contributed by atoms with Crippen LogP contribution in [-0.2, 0) is 22.9 Å². The van der Waals surface area contributed by atoms with E-state index in [2.05, 4.69) is 10.6 Å². The first kappa shape index (κ1) is 25.1. The summed E-state index contributed by atoms with van der Waals surface area (Å²) in [6, 6.07) is 14.1. The standard InChI is InChI=1S/C25H31F3N2O3/c1-23(2,3)33-22(32)30-20(14-17-8-5-4-6-9-17)21(31)16-29-24(12-13-24)18-10-7-11-19(15-18)25(26,27)28/h4-11,15,20-21,29,31H,12-14,16H2,1-3H3,(H,30,32)/t20-,21+/m0/s1. The van der Waals surface area contributed by atoms with E-state index in [1.54, 1.807) is 26.8 Å². The molecular formula is C25H31F3N2O3. The van der Waals surface area contributed by atoms with Crippen molar-refractivity contribution < 1.29 is 27.8 Å². The molecule has 0 saturated heterocycles. The van der Waals surface area contributed by atoms with E-state index in [4.69, 9.17) is 4.74 Å². The highest BCUT2D eigenvalue weighted by Crippen LogP contribution is 2.46. The molecule has 1 saturated carbocycles. The number of aliphatic hydroxyl groups excluding tert-OH is 1. The topological polar surface area (TPSA) is 70.6 Å². The van der Waals surface area contributed by atoms with E-state index in [-0.39, 0.29) is 6.54 Å². The summed E-state index contributed by atoms with van der Waals surface area (Å²) >= 11 is 0. The first-order chi connectivity index (χ1) is 15.4. The van der Waals surface area contributed by atoms with E-state index >= 15 is 0 Å². The second-order valence-electron chi connectivity index (χ2n) is 9.55. The normalized spacial score (nSPS) is 17.2. The van der Waals surface area contributed by atoms with E-state index in [0.717, 1.165) is 17.7 Å². The Morgan fingerprint density at radius 1 is 1.09 bits per heavy atom. The molecule has 0 spiro atoms. The number of halogens is 3. The highest BCUT2D eigenvalue weighted by atomic mass is 19.4. The van der Waals surface area contributed by atoms with Crippen LogP contribution in [0.1, 0.15) is 50.3 Å². The highest BCUT2D eigenvalue weighted by Gasteiger charge is 2.45. The van der Waals surface area contributed by atoms with Gasteiger partial charge in [0.05, 0.1) is 17.7 Å². The zero-order valence-electron chi connectivity index (χ0n) is 19.1. The average molecular weight is 465 g/mol. The number of amides is 1. The number of carbonyl (C=O) groups is 1. The third kappa shape index (κ3) is 7.20. The van der Waals surface area contributed by atoms with Crippen molar-refractivity contribution in [2.24, 2.45) is 0 Å². The number of carbonyl (C=O) groups excluding carboxylic acids is 1. The number of rotatable bonds is 8. The van der Waals surface area contributed by atoms with Gasteiger partial charge in [0.2, 0.25) is 0 Å². The molecule has 1 aliphatic rings. The molecule has 180 valence electrons. The number of ether oxygens (including phenoxy) is 1. The first-order valence-corrected chi connectivity index (χ1v) is 11.0. The van der Waals surface area contributed by atoms with Crippen molar-refractivity contribution in [3.05, 3.63) is 71.3 Å². The SMILES string of the molecule is CC(C)(C)OC(=O)N[C@@H](Cc1ccccc1)[C@H](O)CNC1(c2cccc(C(F)(F)F)c2)CC1. The zero-order valence-corrected chi connectivity index (χ0v) is 19.1. The van der Waals surface area contributed by atoms with Gasteiger partial charge in [0.1, 0.15) is 5.60 Å². The predicted molar refractivity (Wildman–Crippen MR) is 120 cm³/mol. The number of alkyl halides is 3. The Labute approximate surface area is 192 Å². The van der Waals surface area contributed by atoms with Gasteiger partial charge < -0.3 is 20.5 Å². The summed E-state index contributed by atoms with van der Waals surface area (Å²) in [5.41, 5.74) is -0.513. The van der Waals surface area contributed by atoms with Crippen molar-refractivity contribution in [2.45, 2.75) is 69.5 Å². The van der Waals surface area contributed by atoms with Crippen LogP contribution < -0.4 is 10.6 Å². The van der Waals surface area contributed by atoms with Crippen LogP contribution in [0.4, 0.5) is 18.0 Å². The van der Waals surface area contributed by atoms with Crippen LogP contribution in [0, 0.1) is 0 Å². The molecule has 3 rings (SSSR count). The van der Waals surface area contributed by atoms with Gasteiger partial charge in [-0.3, -0.25) is 0 Å². The lowest BCUT2D eigenvalue weighted by molar-refractivity contribution is -0.137. The van der Waals surface area contributed by atoms with E-state index < -0.39 is 41.1 Å². The summed E-state index contributed by atoms with van der Waals surface area (Å²) in [7, 11) is 0. The minimum absolute atomic E-state index is 0.101. The molecule has 0 heterocycles. The number of nitrogens with one attached hydrogen (secondary N) is 2. The van der Waals surface area contributed by atoms with Crippen molar-refractivity contribution in [1.29, 1.82) is 0 Å². The molecule has 8 heteroatoms. The van der Waals surface area contributed by atoms with Crippen LogP contribution in [0.3, 0.4) is 0 Å². The lowest BCUT2D eigenvalue weighted by Gasteiger charge is -2.28. The van der Waals surface area contributed by atoms with Gasteiger partial charge in [-0.25, -0.2) is 4.79 Å². The molecule has 0 radical (unpaired) electrons. The number of aliphatic hydroxyl groups is 1. The number of hydrogen-bond acceptors (Lipinski definition) is 4. The van der Waals surface area contributed by atoms with Crippen LogP contribution in [0.25, 0.3) is 0 Å². The second-order valence-corrected chi connectivity index (χ2v) is 9.55. The third-order valence-corrected chi connectivity index (χ3v) is 5.61. The van der Waals surface area contributed by atoms with E-state index in [0.29, 0.717) is 24.8 Å². The summed E-state index contributed by atoms with van der Waals surface area (Å²) in [6.45, 7) is 5.36. The lowest BCUT2D eigenvalue weighted by atomic mass is 9.99. The molecule has 2 atom stereocenters. The summed E-state index contributed by atoms with van der Waals surface area (Å²) in [5.74, 6) is 0. The molecule has 0 unspecified atom stereocenters. The molecule has 3 N–H and O–H groups in total. The van der Waals surface area contributed by atoms with Gasteiger partial charge in [-0.15, -0.1) is 0 Å². The van der Waals surface area contributed by atoms with Crippen molar-refractivity contribution in [3.8, 4) is 0 Å². The summed E-state index contributed by atoms with van der Waals surface area (Å²) in [5, 5.41) is 16.9. The molecule has 1 aliphatic carbocycles. The summed E-state index contributed by atoms with van der Waals surface area (Å²) in [6.07, 6.45) is -4.32. The summed E-state index contributed by atoms with van der Waals surface area (Å²) < 4.78 is 44.7. The maximum absolute atomic E-state index is 13.1. The fraction of sp³-hybridized carbons (Fsp3) is 0.480.